The smallest absolute Gasteiger partial charge is 0.271 e. The summed E-state index contributed by atoms with van der Waals surface area (Å²) >= 11 is 0. The van der Waals surface area contributed by atoms with Gasteiger partial charge in [-0.05, 0) is 6.07 Å². The summed E-state index contributed by atoms with van der Waals surface area (Å²) in [6.07, 6.45) is 4.43. The number of nitrogens with one attached hydrogen (secondary N) is 1. The van der Waals surface area contributed by atoms with Crippen LogP contribution in [0.2, 0.25) is 0 Å². The Labute approximate surface area is 96.7 Å². The Morgan fingerprint density at radius 1 is 1.47 bits per heavy atom. The molecule has 7 nitrogen and oxygen atoms in total. The van der Waals surface area contributed by atoms with Crippen LogP contribution in [0, 0.1) is 11.3 Å². The molecule has 2 rings (SSSR count). The Morgan fingerprint density at radius 3 is 2.94 bits per heavy atom. The Balaban J connectivity index is 2.44. The van der Waals surface area contributed by atoms with Gasteiger partial charge in [0.05, 0.1) is 0 Å². The molecule has 2 aromatic heterocycles. The predicted octanol–water partition coefficient (Wildman–Crippen LogP) is -0.106. The van der Waals surface area contributed by atoms with Crippen LogP contribution in [-0.2, 0) is 0 Å². The van der Waals surface area contributed by atoms with Crippen molar-refractivity contribution in [2.75, 3.05) is 7.05 Å². The molecule has 0 aromatic carbocycles. The van der Waals surface area contributed by atoms with Crippen LogP contribution in [-0.4, -0.2) is 32.7 Å². The highest BCUT2D eigenvalue weighted by atomic mass is 16.1. The average molecular weight is 228 g/mol. The number of carbonyl (C=O) groups excluding carboxylic acids is 1. The lowest BCUT2D eigenvalue weighted by molar-refractivity contribution is 0.0957. The molecule has 0 aliphatic carbocycles. The van der Waals surface area contributed by atoms with Gasteiger partial charge in [0.2, 0.25) is 0 Å². The third-order valence-corrected chi connectivity index (χ3v) is 2.05. The fraction of sp³-hybridized carbons (Fsp3) is 0.100. The quantitative estimate of drug-likeness (QED) is 0.773. The van der Waals surface area contributed by atoms with Crippen molar-refractivity contribution >= 4 is 5.91 Å². The molecule has 0 radical (unpaired) electrons. The SMILES string of the molecule is CNC(=O)c1ccn(-c2nccnc2C#N)n1. The molecule has 2 heterocycles. The maximum atomic E-state index is 11.3. The highest BCUT2D eigenvalue weighted by Crippen LogP contribution is 2.07. The van der Waals surface area contributed by atoms with Gasteiger partial charge < -0.3 is 5.32 Å². The largest absolute Gasteiger partial charge is 0.354 e. The monoisotopic (exact) mass is 228 g/mol. The molecule has 0 bridgehead atoms. The van der Waals surface area contributed by atoms with Crippen LogP contribution in [0.3, 0.4) is 0 Å². The standard InChI is InChI=1S/C10H8N6O/c1-12-10(17)7-2-5-16(15-7)9-8(6-11)13-3-4-14-9/h2-5H,1H3,(H,12,17). The fourth-order valence-corrected chi connectivity index (χ4v) is 1.27. The molecule has 0 unspecified atom stereocenters. The van der Waals surface area contributed by atoms with Crippen molar-refractivity contribution in [3.63, 3.8) is 0 Å². The van der Waals surface area contributed by atoms with Crippen LogP contribution < -0.4 is 5.32 Å². The summed E-state index contributed by atoms with van der Waals surface area (Å²) in [5, 5.41) is 15.3. The predicted molar refractivity (Wildman–Crippen MR) is 57.3 cm³/mol. The van der Waals surface area contributed by atoms with Crippen LogP contribution in [0.4, 0.5) is 0 Å². The van der Waals surface area contributed by atoms with Gasteiger partial charge in [0.1, 0.15) is 6.07 Å². The number of nitrogens with zero attached hydrogens (tertiary/aromatic N) is 5. The summed E-state index contributed by atoms with van der Waals surface area (Å²) in [7, 11) is 1.52. The lowest BCUT2D eigenvalue weighted by Gasteiger charge is -2.00. The van der Waals surface area contributed by atoms with E-state index in [0.717, 1.165) is 0 Å². The van der Waals surface area contributed by atoms with Crippen LogP contribution in [0.15, 0.2) is 24.7 Å². The van der Waals surface area contributed by atoms with Gasteiger partial charge in [0, 0.05) is 25.6 Å². The van der Waals surface area contributed by atoms with Crippen molar-refractivity contribution in [3.8, 4) is 11.9 Å². The first-order chi connectivity index (χ1) is 8.26. The molecular weight excluding hydrogens is 220 g/mol. The molecule has 0 fully saturated rings. The van der Waals surface area contributed by atoms with E-state index in [2.05, 4.69) is 20.4 Å². The van der Waals surface area contributed by atoms with Crippen LogP contribution in [0.25, 0.3) is 5.82 Å². The van der Waals surface area contributed by atoms with E-state index in [4.69, 9.17) is 5.26 Å². The molecular formula is C10H8N6O. The van der Waals surface area contributed by atoms with Gasteiger partial charge in [0.15, 0.2) is 17.2 Å². The summed E-state index contributed by atoms with van der Waals surface area (Å²) in [4.78, 5) is 19.2. The minimum absolute atomic E-state index is 0.152. The molecule has 17 heavy (non-hydrogen) atoms. The molecule has 2 aromatic rings. The van der Waals surface area contributed by atoms with Crippen molar-refractivity contribution in [1.29, 1.82) is 5.26 Å². The van der Waals surface area contributed by atoms with E-state index in [9.17, 15) is 4.79 Å². The summed E-state index contributed by atoms with van der Waals surface area (Å²) in [5.74, 6) is -0.00342. The Morgan fingerprint density at radius 2 is 2.24 bits per heavy atom. The van der Waals surface area contributed by atoms with Gasteiger partial charge in [-0.15, -0.1) is 0 Å². The van der Waals surface area contributed by atoms with E-state index in [1.54, 1.807) is 6.20 Å². The number of carbonyl (C=O) groups is 1. The second-order valence-corrected chi connectivity index (χ2v) is 3.07. The molecule has 0 aliphatic heterocycles. The van der Waals surface area contributed by atoms with E-state index in [0.29, 0.717) is 5.82 Å². The normalized spacial score (nSPS) is 9.65. The van der Waals surface area contributed by atoms with Gasteiger partial charge in [-0.1, -0.05) is 0 Å². The third-order valence-electron chi connectivity index (χ3n) is 2.05. The molecule has 1 N–H and O–H groups in total. The zero-order chi connectivity index (χ0) is 12.3. The van der Waals surface area contributed by atoms with Crippen molar-refractivity contribution in [2.45, 2.75) is 0 Å². The maximum absolute atomic E-state index is 11.3. The summed E-state index contributed by atoms with van der Waals surface area (Å²) in [6, 6.07) is 3.45. The first-order valence-corrected chi connectivity index (χ1v) is 4.75. The first-order valence-electron chi connectivity index (χ1n) is 4.75. The number of hydrogen-bond acceptors (Lipinski definition) is 5. The van der Waals surface area contributed by atoms with Gasteiger partial charge >= 0.3 is 0 Å². The summed E-state index contributed by atoms with van der Waals surface area (Å²) < 4.78 is 1.34. The summed E-state index contributed by atoms with van der Waals surface area (Å²) in [5.41, 5.74) is 0.404. The number of rotatable bonds is 2. The van der Waals surface area contributed by atoms with E-state index in [-0.39, 0.29) is 17.3 Å². The van der Waals surface area contributed by atoms with Gasteiger partial charge in [0.25, 0.3) is 5.91 Å². The van der Waals surface area contributed by atoms with E-state index < -0.39 is 0 Å². The molecule has 0 saturated heterocycles. The second kappa shape index (κ2) is 4.40. The first kappa shape index (κ1) is 10.8. The second-order valence-electron chi connectivity index (χ2n) is 3.07. The van der Waals surface area contributed by atoms with Crippen LogP contribution >= 0.6 is 0 Å². The zero-order valence-corrected chi connectivity index (χ0v) is 8.95. The Hall–Kier alpha value is -2.75. The lowest BCUT2D eigenvalue weighted by Crippen LogP contribution is -2.18. The van der Waals surface area contributed by atoms with Gasteiger partial charge in [-0.3, -0.25) is 4.79 Å². The Kier molecular flexibility index (Phi) is 2.79. The topological polar surface area (TPSA) is 96.5 Å². The minimum atomic E-state index is -0.300. The zero-order valence-electron chi connectivity index (χ0n) is 8.95. The number of aromatic nitrogens is 4. The Bertz CT molecular complexity index is 597. The molecule has 84 valence electrons. The third kappa shape index (κ3) is 1.96. The number of nitriles is 1. The molecule has 0 atom stereocenters. The number of amides is 1. The maximum Gasteiger partial charge on any atom is 0.271 e. The molecule has 7 heteroatoms. The van der Waals surface area contributed by atoms with Crippen molar-refractivity contribution in [1.82, 2.24) is 25.1 Å². The molecule has 1 amide bonds. The highest BCUT2D eigenvalue weighted by Gasteiger charge is 2.11. The van der Waals surface area contributed by atoms with E-state index in [1.807, 2.05) is 6.07 Å². The van der Waals surface area contributed by atoms with E-state index in [1.165, 1.54) is 30.2 Å². The minimum Gasteiger partial charge on any atom is -0.354 e. The fourth-order valence-electron chi connectivity index (χ4n) is 1.27. The van der Waals surface area contributed by atoms with E-state index >= 15 is 0 Å². The van der Waals surface area contributed by atoms with Crippen molar-refractivity contribution in [3.05, 3.63) is 36.0 Å². The van der Waals surface area contributed by atoms with Crippen LogP contribution in [0.1, 0.15) is 16.2 Å². The van der Waals surface area contributed by atoms with Gasteiger partial charge in [-0.25, -0.2) is 14.6 Å². The van der Waals surface area contributed by atoms with Crippen molar-refractivity contribution in [2.24, 2.45) is 0 Å². The molecule has 0 aliphatic rings. The van der Waals surface area contributed by atoms with Crippen molar-refractivity contribution < 1.29 is 4.79 Å². The van der Waals surface area contributed by atoms with Crippen LogP contribution in [0.5, 0.6) is 0 Å². The molecule has 0 saturated carbocycles. The molecule has 0 spiro atoms. The lowest BCUT2D eigenvalue weighted by atomic mass is 10.4. The average Bonchev–Trinajstić information content (AvgIpc) is 2.87. The van der Waals surface area contributed by atoms with Gasteiger partial charge in [-0.2, -0.15) is 10.4 Å². The number of hydrogen-bond donors (Lipinski definition) is 1. The summed E-state index contributed by atoms with van der Waals surface area (Å²) in [6.45, 7) is 0. The highest BCUT2D eigenvalue weighted by molar-refractivity contribution is 5.91.